The van der Waals surface area contributed by atoms with Crippen molar-refractivity contribution in [1.82, 2.24) is 4.98 Å². The Labute approximate surface area is 159 Å². The molecule has 0 unspecified atom stereocenters. The third kappa shape index (κ3) is 3.63. The summed E-state index contributed by atoms with van der Waals surface area (Å²) in [7, 11) is 1.70. The lowest BCUT2D eigenvalue weighted by Gasteiger charge is -2.10. The first-order valence-corrected chi connectivity index (χ1v) is 9.06. The quantitative estimate of drug-likeness (QED) is 0.489. The van der Waals surface area contributed by atoms with E-state index in [9.17, 15) is 0 Å². The Bertz CT molecular complexity index is 1070. The van der Waals surface area contributed by atoms with Gasteiger partial charge in [-0.1, -0.05) is 54.6 Å². The molecule has 0 aliphatic carbocycles. The van der Waals surface area contributed by atoms with E-state index in [1.807, 2.05) is 30.5 Å². The molecule has 0 radical (unpaired) electrons. The molecular weight excluding hydrogens is 332 g/mol. The van der Waals surface area contributed by atoms with E-state index in [2.05, 4.69) is 65.8 Å². The molecule has 0 bridgehead atoms. The van der Waals surface area contributed by atoms with E-state index in [0.717, 1.165) is 29.1 Å². The number of fused-ring (bicyclic) bond motifs is 1. The molecular formula is C24H22N2O. The van der Waals surface area contributed by atoms with Crippen LogP contribution in [0.25, 0.3) is 21.9 Å². The largest absolute Gasteiger partial charge is 0.496 e. The number of aryl methyl sites for hydroxylation is 1. The van der Waals surface area contributed by atoms with E-state index in [4.69, 9.17) is 4.74 Å². The molecule has 27 heavy (non-hydrogen) atoms. The standard InChI is InChI=1S/C24H22N2O/c1-17-15-21(11-12-23(17)27-2)19-9-7-18(8-10-19)16-26-24-22-6-4-3-5-20(22)13-14-25-24/h3-15H,16H2,1-2H3,(H,25,26). The van der Waals surface area contributed by atoms with Crippen LogP contribution in [0.15, 0.2) is 79.0 Å². The number of anilines is 1. The van der Waals surface area contributed by atoms with Crippen LogP contribution >= 0.6 is 0 Å². The molecule has 0 aliphatic heterocycles. The van der Waals surface area contributed by atoms with Crippen molar-refractivity contribution >= 4 is 16.6 Å². The van der Waals surface area contributed by atoms with E-state index in [1.165, 1.54) is 22.1 Å². The smallest absolute Gasteiger partial charge is 0.134 e. The predicted molar refractivity (Wildman–Crippen MR) is 112 cm³/mol. The second-order valence-electron chi connectivity index (χ2n) is 6.62. The number of benzene rings is 3. The Morgan fingerprint density at radius 1 is 0.889 bits per heavy atom. The van der Waals surface area contributed by atoms with Crippen molar-refractivity contribution in [3.63, 3.8) is 0 Å². The Morgan fingerprint density at radius 3 is 2.44 bits per heavy atom. The Kier molecular flexibility index (Phi) is 4.75. The zero-order valence-corrected chi connectivity index (χ0v) is 15.6. The van der Waals surface area contributed by atoms with Crippen LogP contribution in [-0.4, -0.2) is 12.1 Å². The molecule has 0 saturated carbocycles. The fourth-order valence-corrected chi connectivity index (χ4v) is 3.32. The van der Waals surface area contributed by atoms with Crippen molar-refractivity contribution in [3.8, 4) is 16.9 Å². The highest BCUT2D eigenvalue weighted by molar-refractivity contribution is 5.91. The van der Waals surface area contributed by atoms with Gasteiger partial charge in [0.2, 0.25) is 0 Å². The van der Waals surface area contributed by atoms with Gasteiger partial charge >= 0.3 is 0 Å². The normalized spacial score (nSPS) is 10.7. The summed E-state index contributed by atoms with van der Waals surface area (Å²) < 4.78 is 5.35. The average Bonchev–Trinajstić information content (AvgIpc) is 2.72. The number of hydrogen-bond acceptors (Lipinski definition) is 3. The van der Waals surface area contributed by atoms with Gasteiger partial charge in [0, 0.05) is 18.1 Å². The van der Waals surface area contributed by atoms with Gasteiger partial charge < -0.3 is 10.1 Å². The highest BCUT2D eigenvalue weighted by Crippen LogP contribution is 2.26. The number of methoxy groups -OCH3 is 1. The molecule has 0 aliphatic rings. The van der Waals surface area contributed by atoms with E-state index < -0.39 is 0 Å². The lowest BCUT2D eigenvalue weighted by molar-refractivity contribution is 0.412. The minimum Gasteiger partial charge on any atom is -0.496 e. The minimum absolute atomic E-state index is 0.739. The summed E-state index contributed by atoms with van der Waals surface area (Å²) in [5, 5.41) is 5.80. The van der Waals surface area contributed by atoms with E-state index in [1.54, 1.807) is 7.11 Å². The van der Waals surface area contributed by atoms with Crippen LogP contribution < -0.4 is 10.1 Å². The summed E-state index contributed by atoms with van der Waals surface area (Å²) in [6.45, 7) is 2.81. The molecule has 0 atom stereocenters. The van der Waals surface area contributed by atoms with Crippen molar-refractivity contribution in [2.75, 3.05) is 12.4 Å². The third-order valence-electron chi connectivity index (χ3n) is 4.82. The molecule has 4 rings (SSSR count). The van der Waals surface area contributed by atoms with Gasteiger partial charge in [-0.25, -0.2) is 4.98 Å². The number of aromatic nitrogens is 1. The maximum absolute atomic E-state index is 5.35. The molecule has 0 spiro atoms. The van der Waals surface area contributed by atoms with Gasteiger partial charge in [0.1, 0.15) is 11.6 Å². The molecule has 4 aromatic rings. The average molecular weight is 354 g/mol. The van der Waals surface area contributed by atoms with Crippen LogP contribution in [0.2, 0.25) is 0 Å². The van der Waals surface area contributed by atoms with Crippen molar-refractivity contribution in [3.05, 3.63) is 90.1 Å². The highest BCUT2D eigenvalue weighted by atomic mass is 16.5. The van der Waals surface area contributed by atoms with Crippen LogP contribution in [0.5, 0.6) is 5.75 Å². The topological polar surface area (TPSA) is 34.1 Å². The lowest BCUT2D eigenvalue weighted by atomic mass is 10.0. The molecule has 0 amide bonds. The van der Waals surface area contributed by atoms with Crippen molar-refractivity contribution < 1.29 is 4.74 Å². The van der Waals surface area contributed by atoms with Gasteiger partial charge in [-0.3, -0.25) is 0 Å². The highest BCUT2D eigenvalue weighted by Gasteiger charge is 2.04. The van der Waals surface area contributed by atoms with Crippen LogP contribution in [0.4, 0.5) is 5.82 Å². The Hall–Kier alpha value is -3.33. The monoisotopic (exact) mass is 354 g/mol. The van der Waals surface area contributed by atoms with Crippen LogP contribution in [-0.2, 0) is 6.54 Å². The van der Waals surface area contributed by atoms with E-state index >= 15 is 0 Å². The van der Waals surface area contributed by atoms with Crippen molar-refractivity contribution in [2.45, 2.75) is 13.5 Å². The van der Waals surface area contributed by atoms with Crippen molar-refractivity contribution in [1.29, 1.82) is 0 Å². The third-order valence-corrected chi connectivity index (χ3v) is 4.82. The summed E-state index contributed by atoms with van der Waals surface area (Å²) in [4.78, 5) is 4.49. The summed E-state index contributed by atoms with van der Waals surface area (Å²) in [5.74, 6) is 1.84. The first kappa shape index (κ1) is 17.1. The molecule has 0 fully saturated rings. The second-order valence-corrected chi connectivity index (χ2v) is 6.62. The van der Waals surface area contributed by atoms with Gasteiger partial charge in [-0.15, -0.1) is 0 Å². The van der Waals surface area contributed by atoms with Gasteiger partial charge in [0.05, 0.1) is 7.11 Å². The second kappa shape index (κ2) is 7.50. The molecule has 134 valence electrons. The molecule has 3 nitrogen and oxygen atoms in total. The van der Waals surface area contributed by atoms with Gasteiger partial charge in [0.15, 0.2) is 0 Å². The Balaban J connectivity index is 1.50. The van der Waals surface area contributed by atoms with Gasteiger partial charge in [-0.2, -0.15) is 0 Å². The van der Waals surface area contributed by atoms with Crippen molar-refractivity contribution in [2.24, 2.45) is 0 Å². The lowest BCUT2D eigenvalue weighted by Crippen LogP contribution is -2.01. The van der Waals surface area contributed by atoms with Gasteiger partial charge in [-0.05, 0) is 52.8 Å². The minimum atomic E-state index is 0.739. The fraction of sp³-hybridized carbons (Fsp3) is 0.125. The molecule has 1 N–H and O–H groups in total. The number of rotatable bonds is 5. The van der Waals surface area contributed by atoms with E-state index in [-0.39, 0.29) is 0 Å². The van der Waals surface area contributed by atoms with Crippen LogP contribution in [0.3, 0.4) is 0 Å². The number of nitrogens with zero attached hydrogens (tertiary/aromatic N) is 1. The maximum atomic E-state index is 5.35. The summed E-state index contributed by atoms with van der Waals surface area (Å²) >= 11 is 0. The summed E-state index contributed by atoms with van der Waals surface area (Å²) in [5.41, 5.74) is 4.76. The molecule has 0 saturated heterocycles. The molecule has 1 heterocycles. The van der Waals surface area contributed by atoms with Crippen LogP contribution in [0.1, 0.15) is 11.1 Å². The maximum Gasteiger partial charge on any atom is 0.134 e. The summed E-state index contributed by atoms with van der Waals surface area (Å²) in [6.07, 6.45) is 1.85. The zero-order valence-electron chi connectivity index (χ0n) is 15.6. The molecule has 1 aromatic heterocycles. The zero-order chi connectivity index (χ0) is 18.6. The first-order valence-electron chi connectivity index (χ1n) is 9.06. The molecule has 3 heteroatoms. The predicted octanol–water partition coefficient (Wildman–Crippen LogP) is 5.83. The SMILES string of the molecule is COc1ccc(-c2ccc(CNc3nccc4ccccc34)cc2)cc1C. The Morgan fingerprint density at radius 2 is 1.67 bits per heavy atom. The summed E-state index contributed by atoms with van der Waals surface area (Å²) in [6, 6.07) is 25.2. The number of nitrogens with one attached hydrogen (secondary N) is 1. The number of ether oxygens (including phenoxy) is 1. The van der Waals surface area contributed by atoms with Gasteiger partial charge in [0.25, 0.3) is 0 Å². The molecule has 3 aromatic carbocycles. The van der Waals surface area contributed by atoms with Crippen LogP contribution in [0, 0.1) is 6.92 Å². The number of hydrogen-bond donors (Lipinski definition) is 1. The first-order chi connectivity index (χ1) is 13.2. The number of pyridine rings is 1. The van der Waals surface area contributed by atoms with E-state index in [0.29, 0.717) is 0 Å². The fourth-order valence-electron chi connectivity index (χ4n) is 3.32.